The first-order chi connectivity index (χ1) is 8.58. The minimum absolute atomic E-state index is 0.0262. The van der Waals surface area contributed by atoms with Gasteiger partial charge in [-0.1, -0.05) is 12.1 Å². The summed E-state index contributed by atoms with van der Waals surface area (Å²) >= 11 is 0. The Hall–Kier alpha value is -2.23. The summed E-state index contributed by atoms with van der Waals surface area (Å²) < 4.78 is 13.8. The highest BCUT2D eigenvalue weighted by Gasteiger charge is 2.13. The molecular weight excluding hydrogens is 231 g/mol. The highest BCUT2D eigenvalue weighted by Crippen LogP contribution is 2.14. The van der Waals surface area contributed by atoms with Crippen molar-refractivity contribution in [1.29, 1.82) is 0 Å². The Labute approximate surface area is 105 Å². The predicted octanol–water partition coefficient (Wildman–Crippen LogP) is 3.09. The summed E-state index contributed by atoms with van der Waals surface area (Å²) in [5, 5.41) is 2.58. The zero-order chi connectivity index (χ0) is 13.1. The number of carbonyl (C=O) groups is 1. The lowest BCUT2D eigenvalue weighted by atomic mass is 10.1. The molecule has 0 aliphatic rings. The van der Waals surface area contributed by atoms with Crippen molar-refractivity contribution in [1.82, 2.24) is 4.98 Å². The lowest BCUT2D eigenvalue weighted by Gasteiger charge is -2.07. The Kier molecular flexibility index (Phi) is 3.37. The van der Waals surface area contributed by atoms with Crippen LogP contribution in [0.15, 0.2) is 36.5 Å². The number of hydrogen-bond acceptors (Lipinski definition) is 2. The van der Waals surface area contributed by atoms with Crippen LogP contribution in [0.1, 0.15) is 21.5 Å². The summed E-state index contributed by atoms with van der Waals surface area (Å²) in [6.45, 7) is 3.52. The number of anilines is 1. The van der Waals surface area contributed by atoms with Gasteiger partial charge in [0.25, 0.3) is 5.91 Å². The molecule has 2 rings (SSSR count). The zero-order valence-corrected chi connectivity index (χ0v) is 10.2. The molecule has 0 aliphatic carbocycles. The average molecular weight is 244 g/mol. The molecule has 3 nitrogen and oxygen atoms in total. The molecule has 2 aromatic rings. The molecule has 0 aliphatic heterocycles. The number of halogens is 1. The molecular formula is C14H13FN2O. The maximum Gasteiger partial charge on any atom is 0.259 e. The number of nitrogens with zero attached hydrogens (tertiary/aromatic N) is 1. The third-order valence-corrected chi connectivity index (χ3v) is 2.59. The van der Waals surface area contributed by atoms with E-state index in [1.807, 2.05) is 13.0 Å². The van der Waals surface area contributed by atoms with Crippen LogP contribution < -0.4 is 5.32 Å². The number of nitrogens with one attached hydrogen (secondary N) is 1. The van der Waals surface area contributed by atoms with Crippen molar-refractivity contribution in [3.05, 3.63) is 59.0 Å². The van der Waals surface area contributed by atoms with E-state index in [9.17, 15) is 9.18 Å². The van der Waals surface area contributed by atoms with Gasteiger partial charge in [0, 0.05) is 6.20 Å². The molecule has 0 saturated carbocycles. The lowest BCUT2D eigenvalue weighted by molar-refractivity contribution is 0.102. The summed E-state index contributed by atoms with van der Waals surface area (Å²) in [7, 11) is 0. The maximum absolute atomic E-state index is 13.8. The molecule has 0 unspecified atom stereocenters. The third kappa shape index (κ3) is 2.53. The molecule has 4 heteroatoms. The largest absolute Gasteiger partial charge is 0.306 e. The Morgan fingerprint density at radius 3 is 2.78 bits per heavy atom. The van der Waals surface area contributed by atoms with E-state index in [2.05, 4.69) is 10.3 Å². The summed E-state index contributed by atoms with van der Waals surface area (Å²) in [4.78, 5) is 15.9. The van der Waals surface area contributed by atoms with Crippen LogP contribution >= 0.6 is 0 Å². The van der Waals surface area contributed by atoms with E-state index >= 15 is 0 Å². The lowest BCUT2D eigenvalue weighted by Crippen LogP contribution is -2.15. The molecule has 0 radical (unpaired) electrons. The van der Waals surface area contributed by atoms with E-state index < -0.39 is 11.7 Å². The van der Waals surface area contributed by atoms with Crippen molar-refractivity contribution in [3.63, 3.8) is 0 Å². The van der Waals surface area contributed by atoms with Gasteiger partial charge in [-0.3, -0.25) is 4.79 Å². The molecule has 0 fully saturated rings. The average Bonchev–Trinajstić information content (AvgIpc) is 2.32. The van der Waals surface area contributed by atoms with Crippen molar-refractivity contribution in [2.75, 3.05) is 5.32 Å². The molecule has 0 bridgehead atoms. The summed E-state index contributed by atoms with van der Waals surface area (Å²) in [6, 6.07) is 8.27. The Bertz CT molecular complexity index is 596. The van der Waals surface area contributed by atoms with Gasteiger partial charge in [-0.2, -0.15) is 0 Å². The number of hydrogen-bond donors (Lipinski definition) is 1. The van der Waals surface area contributed by atoms with Crippen LogP contribution in [-0.4, -0.2) is 10.9 Å². The van der Waals surface area contributed by atoms with Gasteiger partial charge in [-0.25, -0.2) is 9.37 Å². The second-order valence-electron chi connectivity index (χ2n) is 4.11. The molecule has 1 N–H and O–H groups in total. The Morgan fingerprint density at radius 1 is 1.28 bits per heavy atom. The van der Waals surface area contributed by atoms with Crippen LogP contribution in [0.2, 0.25) is 0 Å². The van der Waals surface area contributed by atoms with Gasteiger partial charge in [0.05, 0.1) is 5.56 Å². The fraction of sp³-hybridized carbons (Fsp3) is 0.143. The van der Waals surface area contributed by atoms with Crippen molar-refractivity contribution >= 4 is 11.7 Å². The molecule has 0 spiro atoms. The minimum Gasteiger partial charge on any atom is -0.306 e. The molecule has 18 heavy (non-hydrogen) atoms. The van der Waals surface area contributed by atoms with Gasteiger partial charge < -0.3 is 5.32 Å². The summed E-state index contributed by atoms with van der Waals surface area (Å²) in [5.74, 6) is -0.571. The number of amides is 1. The fourth-order valence-corrected chi connectivity index (χ4v) is 1.61. The topological polar surface area (TPSA) is 42.0 Å². The number of benzene rings is 1. The van der Waals surface area contributed by atoms with Crippen LogP contribution in [-0.2, 0) is 0 Å². The fourth-order valence-electron chi connectivity index (χ4n) is 1.61. The van der Waals surface area contributed by atoms with Crippen LogP contribution in [0.3, 0.4) is 0 Å². The van der Waals surface area contributed by atoms with E-state index in [4.69, 9.17) is 0 Å². The smallest absolute Gasteiger partial charge is 0.259 e. The third-order valence-electron chi connectivity index (χ3n) is 2.59. The molecule has 1 aromatic heterocycles. The number of carbonyl (C=O) groups excluding carboxylic acids is 1. The Morgan fingerprint density at radius 2 is 2.06 bits per heavy atom. The molecule has 0 saturated heterocycles. The second kappa shape index (κ2) is 4.96. The predicted molar refractivity (Wildman–Crippen MR) is 68.1 cm³/mol. The van der Waals surface area contributed by atoms with E-state index in [1.54, 1.807) is 31.3 Å². The van der Waals surface area contributed by atoms with Crippen molar-refractivity contribution in [3.8, 4) is 0 Å². The van der Waals surface area contributed by atoms with E-state index in [0.717, 1.165) is 5.56 Å². The first-order valence-corrected chi connectivity index (χ1v) is 5.57. The quantitative estimate of drug-likeness (QED) is 0.882. The number of aromatic nitrogens is 1. The monoisotopic (exact) mass is 244 g/mol. The van der Waals surface area contributed by atoms with Gasteiger partial charge >= 0.3 is 0 Å². The summed E-state index contributed by atoms with van der Waals surface area (Å²) in [6.07, 6.45) is 1.59. The van der Waals surface area contributed by atoms with Gasteiger partial charge in [-0.15, -0.1) is 0 Å². The summed E-state index contributed by atoms with van der Waals surface area (Å²) in [5.41, 5.74) is 1.45. The second-order valence-corrected chi connectivity index (χ2v) is 4.11. The zero-order valence-electron chi connectivity index (χ0n) is 10.2. The highest BCUT2D eigenvalue weighted by molar-refractivity contribution is 6.04. The number of aryl methyl sites for hydroxylation is 2. The maximum atomic E-state index is 13.8. The molecule has 1 amide bonds. The first-order valence-electron chi connectivity index (χ1n) is 5.57. The van der Waals surface area contributed by atoms with Gasteiger partial charge in [0.15, 0.2) is 0 Å². The standard InChI is InChI=1S/C14H13FN2O/c1-9-6-7-16-12(8-9)17-14(18)11-5-3-4-10(2)13(11)15/h3-8H,1-2H3,(H,16,17,18). The van der Waals surface area contributed by atoms with E-state index in [0.29, 0.717) is 11.4 Å². The number of rotatable bonds is 2. The van der Waals surface area contributed by atoms with Crippen LogP contribution in [0.4, 0.5) is 10.2 Å². The van der Waals surface area contributed by atoms with E-state index in [1.165, 1.54) is 6.07 Å². The molecule has 1 heterocycles. The Balaban J connectivity index is 2.25. The normalized spacial score (nSPS) is 10.2. The SMILES string of the molecule is Cc1ccnc(NC(=O)c2cccc(C)c2F)c1. The molecule has 92 valence electrons. The molecule has 1 aromatic carbocycles. The first kappa shape index (κ1) is 12.2. The van der Waals surface area contributed by atoms with Crippen molar-refractivity contribution < 1.29 is 9.18 Å². The van der Waals surface area contributed by atoms with Gasteiger partial charge in [0.2, 0.25) is 0 Å². The molecule has 0 atom stereocenters. The van der Waals surface area contributed by atoms with Crippen LogP contribution in [0, 0.1) is 19.7 Å². The number of pyridine rings is 1. The van der Waals surface area contributed by atoms with Gasteiger partial charge in [-0.05, 0) is 43.2 Å². The highest BCUT2D eigenvalue weighted by atomic mass is 19.1. The van der Waals surface area contributed by atoms with E-state index in [-0.39, 0.29) is 5.56 Å². The van der Waals surface area contributed by atoms with Crippen molar-refractivity contribution in [2.45, 2.75) is 13.8 Å². The van der Waals surface area contributed by atoms with Crippen LogP contribution in [0.25, 0.3) is 0 Å². The van der Waals surface area contributed by atoms with Crippen LogP contribution in [0.5, 0.6) is 0 Å². The minimum atomic E-state index is -0.498. The van der Waals surface area contributed by atoms with Gasteiger partial charge in [0.1, 0.15) is 11.6 Å². The van der Waals surface area contributed by atoms with Crippen molar-refractivity contribution in [2.24, 2.45) is 0 Å².